The van der Waals surface area contributed by atoms with Crippen LogP contribution in [0.15, 0.2) is 64.2 Å². The summed E-state index contributed by atoms with van der Waals surface area (Å²) in [6, 6.07) is 17.7. The molecule has 0 unspecified atom stereocenters. The second kappa shape index (κ2) is 8.63. The molecule has 1 fully saturated rings. The molecule has 0 saturated heterocycles. The molecule has 162 valence electrons. The van der Waals surface area contributed by atoms with E-state index in [1.54, 1.807) is 11.8 Å². The van der Waals surface area contributed by atoms with Crippen molar-refractivity contribution in [2.45, 2.75) is 43.5 Å². The van der Waals surface area contributed by atoms with E-state index in [4.69, 9.17) is 9.40 Å². The monoisotopic (exact) mass is 445 g/mol. The zero-order valence-corrected chi connectivity index (χ0v) is 18.7. The lowest BCUT2D eigenvalue weighted by Crippen LogP contribution is -2.07. The lowest BCUT2D eigenvalue weighted by molar-refractivity contribution is -0.114. The predicted octanol–water partition coefficient (Wildman–Crippen LogP) is 5.36. The summed E-state index contributed by atoms with van der Waals surface area (Å²) in [5.74, 6) is 3.35. The minimum Gasteiger partial charge on any atom is -0.441 e. The average molecular weight is 446 g/mol. The Labute approximate surface area is 190 Å². The van der Waals surface area contributed by atoms with Crippen molar-refractivity contribution in [2.24, 2.45) is 0 Å². The SMILES string of the molecule is CC(=O)Nc1cccc(-n2c(SCc3nc(-c4ccccc4)oc3C)nnc2C2CC2)c1. The number of rotatable bonds is 7. The number of nitrogens with zero attached hydrogens (tertiary/aromatic N) is 4. The third-order valence-electron chi connectivity index (χ3n) is 5.28. The summed E-state index contributed by atoms with van der Waals surface area (Å²) in [4.78, 5) is 16.2. The molecule has 1 saturated carbocycles. The fraction of sp³-hybridized carbons (Fsp3) is 0.250. The highest BCUT2D eigenvalue weighted by atomic mass is 32.2. The fourth-order valence-electron chi connectivity index (χ4n) is 3.55. The maximum Gasteiger partial charge on any atom is 0.226 e. The molecular weight excluding hydrogens is 422 g/mol. The van der Waals surface area contributed by atoms with Gasteiger partial charge in [-0.3, -0.25) is 9.36 Å². The van der Waals surface area contributed by atoms with Crippen LogP contribution >= 0.6 is 11.8 Å². The number of aryl methyl sites for hydroxylation is 1. The number of thioether (sulfide) groups is 1. The van der Waals surface area contributed by atoms with Crippen molar-refractivity contribution in [2.75, 3.05) is 5.32 Å². The quantitative estimate of drug-likeness (QED) is 0.386. The Hall–Kier alpha value is -3.39. The Balaban J connectivity index is 1.42. The van der Waals surface area contributed by atoms with E-state index in [0.29, 0.717) is 17.6 Å². The summed E-state index contributed by atoms with van der Waals surface area (Å²) in [5.41, 5.74) is 3.54. The standard InChI is InChI=1S/C24H23N5O2S/c1-15-21(26-23(31-15)18-7-4-3-5-8-18)14-32-24-28-27-22(17-11-12-17)29(24)20-10-6-9-19(13-20)25-16(2)30/h3-10,13,17H,11-12,14H2,1-2H3,(H,25,30). The first kappa shape index (κ1) is 20.5. The molecule has 32 heavy (non-hydrogen) atoms. The molecule has 0 radical (unpaired) electrons. The van der Waals surface area contributed by atoms with Crippen molar-refractivity contribution in [3.05, 3.63) is 71.9 Å². The second-order valence-electron chi connectivity index (χ2n) is 7.86. The number of anilines is 1. The molecule has 8 heteroatoms. The number of hydrogen-bond acceptors (Lipinski definition) is 6. The normalized spacial score (nSPS) is 13.3. The van der Waals surface area contributed by atoms with E-state index >= 15 is 0 Å². The van der Waals surface area contributed by atoms with E-state index in [-0.39, 0.29) is 5.91 Å². The molecule has 2 aromatic heterocycles. The molecule has 2 aromatic carbocycles. The smallest absolute Gasteiger partial charge is 0.226 e. The van der Waals surface area contributed by atoms with E-state index in [0.717, 1.165) is 52.2 Å². The van der Waals surface area contributed by atoms with E-state index in [1.165, 1.54) is 6.92 Å². The Morgan fingerprint density at radius 2 is 1.97 bits per heavy atom. The first-order valence-corrected chi connectivity index (χ1v) is 11.5. The first-order chi connectivity index (χ1) is 15.6. The number of nitrogens with one attached hydrogen (secondary N) is 1. The Kier molecular flexibility index (Phi) is 5.53. The molecule has 0 spiro atoms. The molecule has 0 aliphatic heterocycles. The number of amides is 1. The molecule has 0 atom stereocenters. The lowest BCUT2D eigenvalue weighted by Gasteiger charge is -2.11. The van der Waals surface area contributed by atoms with Crippen LogP contribution in [0.1, 0.15) is 43.0 Å². The largest absolute Gasteiger partial charge is 0.441 e. The van der Waals surface area contributed by atoms with E-state index in [1.807, 2.05) is 61.5 Å². The fourth-order valence-corrected chi connectivity index (χ4v) is 4.51. The number of hydrogen-bond donors (Lipinski definition) is 1. The first-order valence-electron chi connectivity index (χ1n) is 10.6. The van der Waals surface area contributed by atoms with Gasteiger partial charge in [0.25, 0.3) is 0 Å². The predicted molar refractivity (Wildman–Crippen MR) is 124 cm³/mol. The van der Waals surface area contributed by atoms with Gasteiger partial charge in [-0.15, -0.1) is 10.2 Å². The molecule has 1 amide bonds. The molecule has 7 nitrogen and oxygen atoms in total. The van der Waals surface area contributed by atoms with Crippen LogP contribution in [0, 0.1) is 6.92 Å². The lowest BCUT2D eigenvalue weighted by atomic mass is 10.2. The molecule has 4 aromatic rings. The highest BCUT2D eigenvalue weighted by molar-refractivity contribution is 7.98. The van der Waals surface area contributed by atoms with Gasteiger partial charge in [-0.05, 0) is 50.1 Å². The molecular formula is C24H23N5O2S. The van der Waals surface area contributed by atoms with Gasteiger partial charge in [0, 0.05) is 29.8 Å². The summed E-state index contributed by atoms with van der Waals surface area (Å²) >= 11 is 1.58. The van der Waals surface area contributed by atoms with Crippen LogP contribution in [0.25, 0.3) is 17.1 Å². The number of carbonyl (C=O) groups is 1. The minimum atomic E-state index is -0.0985. The Bertz CT molecular complexity index is 1260. The summed E-state index contributed by atoms with van der Waals surface area (Å²) in [6.45, 7) is 3.44. The molecule has 1 aliphatic carbocycles. The summed E-state index contributed by atoms with van der Waals surface area (Å²) in [5, 5.41) is 12.6. The van der Waals surface area contributed by atoms with Crippen molar-refractivity contribution in [1.29, 1.82) is 0 Å². The maximum atomic E-state index is 11.5. The topological polar surface area (TPSA) is 85.8 Å². The van der Waals surface area contributed by atoms with Crippen LogP contribution in [-0.2, 0) is 10.5 Å². The number of oxazole rings is 1. The van der Waals surface area contributed by atoms with Gasteiger partial charge < -0.3 is 9.73 Å². The number of aromatic nitrogens is 4. The van der Waals surface area contributed by atoms with Gasteiger partial charge in [0.2, 0.25) is 11.8 Å². The summed E-state index contributed by atoms with van der Waals surface area (Å²) < 4.78 is 8.00. The van der Waals surface area contributed by atoms with Gasteiger partial charge in [0.15, 0.2) is 5.16 Å². The van der Waals surface area contributed by atoms with Crippen molar-refractivity contribution in [3.63, 3.8) is 0 Å². The highest BCUT2D eigenvalue weighted by Gasteiger charge is 2.31. The van der Waals surface area contributed by atoms with Crippen molar-refractivity contribution in [3.8, 4) is 17.1 Å². The van der Waals surface area contributed by atoms with Gasteiger partial charge in [-0.25, -0.2) is 4.98 Å². The van der Waals surface area contributed by atoms with E-state index in [9.17, 15) is 4.79 Å². The van der Waals surface area contributed by atoms with Crippen LogP contribution in [0.5, 0.6) is 0 Å². The van der Waals surface area contributed by atoms with E-state index < -0.39 is 0 Å². The van der Waals surface area contributed by atoms with Gasteiger partial charge >= 0.3 is 0 Å². The Morgan fingerprint density at radius 3 is 2.72 bits per heavy atom. The molecule has 2 heterocycles. The van der Waals surface area contributed by atoms with Gasteiger partial charge in [0.1, 0.15) is 11.6 Å². The van der Waals surface area contributed by atoms with Crippen LogP contribution in [0.3, 0.4) is 0 Å². The second-order valence-corrected chi connectivity index (χ2v) is 8.80. The average Bonchev–Trinajstić information content (AvgIpc) is 3.44. The van der Waals surface area contributed by atoms with Gasteiger partial charge in [0.05, 0.1) is 11.4 Å². The van der Waals surface area contributed by atoms with Crippen LogP contribution in [-0.4, -0.2) is 25.7 Å². The molecule has 0 bridgehead atoms. The van der Waals surface area contributed by atoms with Gasteiger partial charge in [-0.2, -0.15) is 0 Å². The third kappa shape index (κ3) is 4.31. The van der Waals surface area contributed by atoms with Crippen LogP contribution < -0.4 is 5.32 Å². The highest BCUT2D eigenvalue weighted by Crippen LogP contribution is 2.41. The van der Waals surface area contributed by atoms with Gasteiger partial charge in [-0.1, -0.05) is 36.0 Å². The van der Waals surface area contributed by atoms with Crippen LogP contribution in [0.4, 0.5) is 5.69 Å². The minimum absolute atomic E-state index is 0.0985. The Morgan fingerprint density at radius 1 is 1.16 bits per heavy atom. The van der Waals surface area contributed by atoms with Crippen molar-refractivity contribution < 1.29 is 9.21 Å². The van der Waals surface area contributed by atoms with Crippen molar-refractivity contribution >= 4 is 23.4 Å². The number of carbonyl (C=O) groups excluding carboxylic acids is 1. The zero-order chi connectivity index (χ0) is 22.1. The summed E-state index contributed by atoms with van der Waals surface area (Å²) in [6.07, 6.45) is 2.24. The molecule has 1 N–H and O–H groups in total. The number of benzene rings is 2. The molecule has 5 rings (SSSR count). The zero-order valence-electron chi connectivity index (χ0n) is 17.9. The van der Waals surface area contributed by atoms with E-state index in [2.05, 4.69) is 20.1 Å². The van der Waals surface area contributed by atoms with Crippen LogP contribution in [0.2, 0.25) is 0 Å². The summed E-state index contributed by atoms with van der Waals surface area (Å²) in [7, 11) is 0. The maximum absolute atomic E-state index is 11.5. The third-order valence-corrected chi connectivity index (χ3v) is 6.22. The molecule has 1 aliphatic rings. The van der Waals surface area contributed by atoms with Crippen molar-refractivity contribution in [1.82, 2.24) is 19.7 Å².